The monoisotopic (exact) mass is 307 g/mol. The van der Waals surface area contributed by atoms with Gasteiger partial charge in [-0.1, -0.05) is 30.3 Å². The Morgan fingerprint density at radius 2 is 1.91 bits per heavy atom. The Kier molecular flexibility index (Phi) is 5.82. The van der Waals surface area contributed by atoms with Gasteiger partial charge in [0.15, 0.2) is 0 Å². The average molecular weight is 307 g/mol. The predicted octanol–water partition coefficient (Wildman–Crippen LogP) is 2.15. The first-order valence-electron chi connectivity index (χ1n) is 7.08. The van der Waals surface area contributed by atoms with Gasteiger partial charge in [0.1, 0.15) is 5.70 Å². The number of hydrogen-bond acceptors (Lipinski definition) is 3. The van der Waals surface area contributed by atoms with E-state index in [9.17, 15) is 9.59 Å². The Labute approximate surface area is 134 Å². The number of nitrogens with zero attached hydrogens (tertiary/aromatic N) is 1. The fourth-order valence-corrected chi connectivity index (χ4v) is 1.83. The summed E-state index contributed by atoms with van der Waals surface area (Å²) in [5.41, 5.74) is 1.33. The third kappa shape index (κ3) is 4.93. The van der Waals surface area contributed by atoms with Gasteiger partial charge in [-0.3, -0.25) is 14.6 Å². The number of amides is 2. The van der Waals surface area contributed by atoms with Crippen LogP contribution in [-0.4, -0.2) is 23.3 Å². The van der Waals surface area contributed by atoms with E-state index < -0.39 is 5.91 Å². The highest BCUT2D eigenvalue weighted by Gasteiger charge is 2.13. The zero-order chi connectivity index (χ0) is 16.5. The minimum atomic E-state index is -0.391. The molecule has 2 aromatic rings. The molecule has 1 heterocycles. The van der Waals surface area contributed by atoms with Gasteiger partial charge in [-0.05, 0) is 29.8 Å². The molecule has 0 bridgehead atoms. The zero-order valence-electron chi connectivity index (χ0n) is 12.5. The largest absolute Gasteiger partial charge is 0.347 e. The highest BCUT2D eigenvalue weighted by molar-refractivity contribution is 6.05. The van der Waals surface area contributed by atoms with Crippen molar-refractivity contribution in [1.82, 2.24) is 15.6 Å². The van der Waals surface area contributed by atoms with Crippen molar-refractivity contribution >= 4 is 17.9 Å². The van der Waals surface area contributed by atoms with Gasteiger partial charge < -0.3 is 10.6 Å². The van der Waals surface area contributed by atoms with Crippen molar-refractivity contribution in [3.63, 3.8) is 0 Å². The standard InChI is InChI=1S/C18H17N3O2/c1-2-10-20-18(23)16(12-14-7-6-11-19-13-14)21-17(22)15-8-4-3-5-9-15/h2-9,11-13H,1,10H2,(H,20,23)(H,21,22)/b16-12-. The molecule has 0 radical (unpaired) electrons. The van der Waals surface area contributed by atoms with Gasteiger partial charge in [0.05, 0.1) is 0 Å². The predicted molar refractivity (Wildman–Crippen MR) is 89.3 cm³/mol. The summed E-state index contributed by atoms with van der Waals surface area (Å²) in [5, 5.41) is 5.29. The van der Waals surface area contributed by atoms with Crippen LogP contribution in [0.2, 0.25) is 0 Å². The fourth-order valence-electron chi connectivity index (χ4n) is 1.83. The first kappa shape index (κ1) is 16.2. The third-order valence-corrected chi connectivity index (χ3v) is 2.93. The van der Waals surface area contributed by atoms with Crippen LogP contribution in [-0.2, 0) is 4.79 Å². The van der Waals surface area contributed by atoms with Crippen LogP contribution in [0.3, 0.4) is 0 Å². The molecule has 1 aromatic carbocycles. The Morgan fingerprint density at radius 3 is 2.57 bits per heavy atom. The summed E-state index contributed by atoms with van der Waals surface area (Å²) in [6.07, 6.45) is 6.39. The van der Waals surface area contributed by atoms with E-state index in [-0.39, 0.29) is 11.6 Å². The molecule has 23 heavy (non-hydrogen) atoms. The molecule has 2 amide bonds. The van der Waals surface area contributed by atoms with Gasteiger partial charge in [0.2, 0.25) is 0 Å². The number of nitrogens with one attached hydrogen (secondary N) is 2. The van der Waals surface area contributed by atoms with Gasteiger partial charge >= 0.3 is 0 Å². The Bertz CT molecular complexity index is 710. The Morgan fingerprint density at radius 1 is 1.13 bits per heavy atom. The molecule has 0 aliphatic carbocycles. The minimum Gasteiger partial charge on any atom is -0.347 e. The van der Waals surface area contributed by atoms with Crippen molar-refractivity contribution in [2.75, 3.05) is 6.54 Å². The molecule has 0 atom stereocenters. The summed E-state index contributed by atoms with van der Waals surface area (Å²) in [6, 6.07) is 12.2. The van der Waals surface area contributed by atoms with Crippen LogP contribution in [0.1, 0.15) is 15.9 Å². The number of carbonyl (C=O) groups excluding carboxylic acids is 2. The first-order valence-corrected chi connectivity index (χ1v) is 7.08. The lowest BCUT2D eigenvalue weighted by atomic mass is 10.2. The quantitative estimate of drug-likeness (QED) is 0.634. The van der Waals surface area contributed by atoms with E-state index in [1.165, 1.54) is 0 Å². The normalized spacial score (nSPS) is 10.7. The highest BCUT2D eigenvalue weighted by atomic mass is 16.2. The van der Waals surface area contributed by atoms with Crippen LogP contribution >= 0.6 is 0 Å². The van der Waals surface area contributed by atoms with Gasteiger partial charge in [-0.25, -0.2) is 0 Å². The van der Waals surface area contributed by atoms with Crippen molar-refractivity contribution in [3.05, 3.63) is 84.3 Å². The molecule has 0 saturated heterocycles. The van der Waals surface area contributed by atoms with Crippen LogP contribution in [0.4, 0.5) is 0 Å². The molecule has 5 heteroatoms. The molecule has 0 saturated carbocycles. The van der Waals surface area contributed by atoms with Crippen molar-refractivity contribution < 1.29 is 9.59 Å². The molecule has 2 rings (SSSR count). The number of rotatable bonds is 6. The van der Waals surface area contributed by atoms with Gasteiger partial charge in [0.25, 0.3) is 11.8 Å². The topological polar surface area (TPSA) is 71.1 Å². The van der Waals surface area contributed by atoms with Gasteiger partial charge in [0, 0.05) is 24.5 Å². The average Bonchev–Trinajstić information content (AvgIpc) is 2.60. The van der Waals surface area contributed by atoms with Crippen molar-refractivity contribution in [2.24, 2.45) is 0 Å². The fraction of sp³-hybridized carbons (Fsp3) is 0.0556. The van der Waals surface area contributed by atoms with E-state index in [4.69, 9.17) is 0 Å². The molecule has 116 valence electrons. The van der Waals surface area contributed by atoms with Crippen molar-refractivity contribution in [2.45, 2.75) is 0 Å². The van der Waals surface area contributed by atoms with Gasteiger partial charge in [-0.2, -0.15) is 0 Å². The summed E-state index contributed by atoms with van der Waals surface area (Å²) in [6.45, 7) is 3.86. The molecule has 0 aliphatic rings. The zero-order valence-corrected chi connectivity index (χ0v) is 12.5. The van der Waals surface area contributed by atoms with E-state index in [0.717, 1.165) is 0 Å². The first-order chi connectivity index (χ1) is 11.2. The second-order valence-corrected chi connectivity index (χ2v) is 4.66. The molecule has 0 fully saturated rings. The maximum atomic E-state index is 12.3. The maximum absolute atomic E-state index is 12.3. The maximum Gasteiger partial charge on any atom is 0.268 e. The molecular formula is C18H17N3O2. The summed E-state index contributed by atoms with van der Waals surface area (Å²) < 4.78 is 0. The molecule has 1 aromatic heterocycles. The second kappa shape index (κ2) is 8.29. The van der Waals surface area contributed by atoms with Crippen LogP contribution in [0.5, 0.6) is 0 Å². The lowest BCUT2D eigenvalue weighted by molar-refractivity contribution is -0.117. The summed E-state index contributed by atoms with van der Waals surface area (Å²) in [5.74, 6) is -0.743. The summed E-state index contributed by atoms with van der Waals surface area (Å²) in [7, 11) is 0. The van der Waals surface area contributed by atoms with E-state index in [1.54, 1.807) is 60.9 Å². The van der Waals surface area contributed by atoms with Crippen molar-refractivity contribution in [3.8, 4) is 0 Å². The van der Waals surface area contributed by atoms with Crippen LogP contribution < -0.4 is 10.6 Å². The number of aromatic nitrogens is 1. The molecule has 5 nitrogen and oxygen atoms in total. The minimum absolute atomic E-state index is 0.147. The van der Waals surface area contributed by atoms with E-state index in [2.05, 4.69) is 22.2 Å². The Balaban J connectivity index is 2.23. The number of carbonyl (C=O) groups is 2. The van der Waals surface area contributed by atoms with E-state index >= 15 is 0 Å². The molecule has 0 aliphatic heterocycles. The smallest absolute Gasteiger partial charge is 0.268 e. The van der Waals surface area contributed by atoms with Crippen molar-refractivity contribution in [1.29, 1.82) is 0 Å². The molecule has 2 N–H and O–H groups in total. The number of hydrogen-bond donors (Lipinski definition) is 2. The Hall–Kier alpha value is -3.21. The highest BCUT2D eigenvalue weighted by Crippen LogP contribution is 2.06. The van der Waals surface area contributed by atoms with Gasteiger partial charge in [-0.15, -0.1) is 6.58 Å². The molecule has 0 spiro atoms. The number of benzene rings is 1. The van der Waals surface area contributed by atoms with Crippen LogP contribution in [0.15, 0.2) is 73.2 Å². The summed E-state index contributed by atoms with van der Waals surface area (Å²) in [4.78, 5) is 28.5. The number of pyridine rings is 1. The van der Waals surface area contributed by atoms with E-state index in [0.29, 0.717) is 17.7 Å². The molecule has 0 unspecified atom stereocenters. The van der Waals surface area contributed by atoms with Crippen LogP contribution in [0, 0.1) is 0 Å². The van der Waals surface area contributed by atoms with Crippen LogP contribution in [0.25, 0.3) is 6.08 Å². The third-order valence-electron chi connectivity index (χ3n) is 2.93. The lowest BCUT2D eigenvalue weighted by Crippen LogP contribution is -2.34. The summed E-state index contributed by atoms with van der Waals surface area (Å²) >= 11 is 0. The second-order valence-electron chi connectivity index (χ2n) is 4.66. The lowest BCUT2D eigenvalue weighted by Gasteiger charge is -2.10. The SMILES string of the molecule is C=CCNC(=O)/C(=C/c1cccnc1)NC(=O)c1ccccc1. The van der Waals surface area contributed by atoms with E-state index in [1.807, 2.05) is 6.07 Å². The molecular weight excluding hydrogens is 290 g/mol.